The van der Waals surface area contributed by atoms with Crippen LogP contribution in [0.4, 0.5) is 5.69 Å². The summed E-state index contributed by atoms with van der Waals surface area (Å²) in [6, 6.07) is 8.40. The largest absolute Gasteiger partial charge is 0.494 e. The van der Waals surface area contributed by atoms with E-state index in [1.54, 1.807) is 38.1 Å². The van der Waals surface area contributed by atoms with Gasteiger partial charge in [0.15, 0.2) is 0 Å². The summed E-state index contributed by atoms with van der Waals surface area (Å²) in [6.45, 7) is 3.67. The Morgan fingerprint density at radius 2 is 2.00 bits per heavy atom. The van der Waals surface area contributed by atoms with E-state index in [0.717, 1.165) is 25.7 Å². The molecule has 1 aliphatic carbocycles. The molecule has 7 nitrogen and oxygen atoms in total. The van der Waals surface area contributed by atoms with Crippen molar-refractivity contribution in [1.82, 2.24) is 4.57 Å². The van der Waals surface area contributed by atoms with Gasteiger partial charge in [0.05, 0.1) is 23.4 Å². The molecule has 3 rings (SSSR count). The molecule has 150 valence electrons. The molecule has 1 aromatic heterocycles. The van der Waals surface area contributed by atoms with Crippen LogP contribution >= 0.6 is 0 Å². The maximum atomic E-state index is 12.7. The third-order valence-electron chi connectivity index (χ3n) is 5.20. The molecule has 0 atom stereocenters. The quantitative estimate of drug-likeness (QED) is 0.615. The molecule has 1 fully saturated rings. The Balaban J connectivity index is 1.98. The van der Waals surface area contributed by atoms with Crippen LogP contribution in [-0.4, -0.2) is 28.5 Å². The van der Waals surface area contributed by atoms with Crippen molar-refractivity contribution in [3.8, 4) is 11.9 Å². The van der Waals surface area contributed by atoms with Gasteiger partial charge in [-0.05, 0) is 56.5 Å². The first kappa shape index (κ1) is 20.3. The number of carbonyl (C=O) groups is 1. The van der Waals surface area contributed by atoms with Crippen LogP contribution in [0.25, 0.3) is 0 Å². The van der Waals surface area contributed by atoms with Gasteiger partial charge in [-0.3, -0.25) is 14.4 Å². The lowest BCUT2D eigenvalue weighted by molar-refractivity contribution is 0.0526. The number of aliphatic imine (C=N–C) groups is 1. The monoisotopic (exact) mass is 393 g/mol. The van der Waals surface area contributed by atoms with Gasteiger partial charge in [0.25, 0.3) is 5.56 Å². The van der Waals surface area contributed by atoms with Gasteiger partial charge in [0, 0.05) is 12.3 Å². The van der Waals surface area contributed by atoms with Crippen LogP contribution in [0.1, 0.15) is 65.7 Å². The minimum atomic E-state index is -0.453. The third-order valence-corrected chi connectivity index (χ3v) is 5.20. The second kappa shape index (κ2) is 8.74. The number of benzene rings is 1. The molecule has 0 unspecified atom stereocenters. The van der Waals surface area contributed by atoms with Crippen LogP contribution in [0, 0.1) is 18.3 Å². The molecule has 2 aromatic rings. The van der Waals surface area contributed by atoms with Crippen molar-refractivity contribution >= 4 is 17.9 Å². The second-order valence-corrected chi connectivity index (χ2v) is 6.99. The number of pyridine rings is 1. The molecule has 1 heterocycles. The number of carbonyl (C=O) groups excluding carboxylic acids is 1. The number of hydrogen-bond donors (Lipinski definition) is 1. The molecule has 0 bridgehead atoms. The van der Waals surface area contributed by atoms with Crippen molar-refractivity contribution < 1.29 is 14.6 Å². The third kappa shape index (κ3) is 4.06. The van der Waals surface area contributed by atoms with Crippen LogP contribution in [-0.2, 0) is 4.74 Å². The number of nitrogens with zero attached hydrogens (tertiary/aromatic N) is 3. The van der Waals surface area contributed by atoms with Gasteiger partial charge in [0.1, 0.15) is 11.6 Å². The first-order valence-electron chi connectivity index (χ1n) is 9.67. The molecular weight excluding hydrogens is 370 g/mol. The number of rotatable bonds is 5. The zero-order chi connectivity index (χ0) is 21.0. The molecule has 1 saturated carbocycles. The van der Waals surface area contributed by atoms with Gasteiger partial charge in [0.2, 0.25) is 5.88 Å². The SMILES string of the molecule is CCOC(=O)c1ccc(N=Cc2c(C)c(C#N)c(=O)n(C3CCCC3)c2O)cc1. The van der Waals surface area contributed by atoms with E-state index in [1.807, 2.05) is 6.07 Å². The Morgan fingerprint density at radius 1 is 1.34 bits per heavy atom. The molecule has 0 saturated heterocycles. The molecule has 29 heavy (non-hydrogen) atoms. The molecule has 1 aliphatic rings. The average Bonchev–Trinajstić information content (AvgIpc) is 3.23. The van der Waals surface area contributed by atoms with E-state index >= 15 is 0 Å². The Bertz CT molecular complexity index is 1040. The zero-order valence-electron chi connectivity index (χ0n) is 16.5. The van der Waals surface area contributed by atoms with Crippen LogP contribution in [0.15, 0.2) is 34.1 Å². The second-order valence-electron chi connectivity index (χ2n) is 6.99. The Hall–Kier alpha value is -3.40. The van der Waals surface area contributed by atoms with Crippen molar-refractivity contribution in [3.63, 3.8) is 0 Å². The van der Waals surface area contributed by atoms with E-state index in [-0.39, 0.29) is 17.5 Å². The van der Waals surface area contributed by atoms with Gasteiger partial charge in [-0.15, -0.1) is 0 Å². The predicted molar refractivity (Wildman–Crippen MR) is 109 cm³/mol. The highest BCUT2D eigenvalue weighted by Crippen LogP contribution is 2.33. The summed E-state index contributed by atoms with van der Waals surface area (Å²) in [6.07, 6.45) is 5.03. The van der Waals surface area contributed by atoms with Crippen molar-refractivity contribution in [1.29, 1.82) is 5.26 Å². The summed E-state index contributed by atoms with van der Waals surface area (Å²) in [5.41, 5.74) is 1.30. The average molecular weight is 393 g/mol. The number of aromatic nitrogens is 1. The minimum Gasteiger partial charge on any atom is -0.494 e. The molecule has 0 radical (unpaired) electrons. The molecule has 1 N–H and O–H groups in total. The van der Waals surface area contributed by atoms with E-state index in [1.165, 1.54) is 10.8 Å². The fourth-order valence-electron chi connectivity index (χ4n) is 3.63. The lowest BCUT2D eigenvalue weighted by atomic mass is 10.0. The molecule has 7 heteroatoms. The molecule has 0 spiro atoms. The fraction of sp³-hybridized carbons (Fsp3) is 0.364. The lowest BCUT2D eigenvalue weighted by Crippen LogP contribution is -2.28. The highest BCUT2D eigenvalue weighted by molar-refractivity contribution is 5.90. The van der Waals surface area contributed by atoms with Crippen LogP contribution < -0.4 is 5.56 Å². The molecule has 0 amide bonds. The fourth-order valence-corrected chi connectivity index (χ4v) is 3.63. The van der Waals surface area contributed by atoms with Crippen molar-refractivity contribution in [2.45, 2.75) is 45.6 Å². The number of aromatic hydroxyl groups is 1. The van der Waals surface area contributed by atoms with Crippen LogP contribution in [0.5, 0.6) is 5.88 Å². The van der Waals surface area contributed by atoms with E-state index in [9.17, 15) is 20.0 Å². The molecule has 0 aliphatic heterocycles. The molecular formula is C22H23N3O4. The van der Waals surface area contributed by atoms with Gasteiger partial charge < -0.3 is 9.84 Å². The highest BCUT2D eigenvalue weighted by Gasteiger charge is 2.25. The highest BCUT2D eigenvalue weighted by atomic mass is 16.5. The topological polar surface area (TPSA) is 105 Å². The number of esters is 1. The maximum absolute atomic E-state index is 12.7. The zero-order valence-corrected chi connectivity index (χ0v) is 16.5. The Morgan fingerprint density at radius 3 is 2.59 bits per heavy atom. The first-order chi connectivity index (χ1) is 14.0. The van der Waals surface area contributed by atoms with Gasteiger partial charge >= 0.3 is 5.97 Å². The van der Waals surface area contributed by atoms with Gasteiger partial charge in [-0.1, -0.05) is 12.8 Å². The summed E-state index contributed by atoms with van der Waals surface area (Å²) in [5.74, 6) is -0.566. The van der Waals surface area contributed by atoms with Crippen LogP contribution in [0.3, 0.4) is 0 Å². The van der Waals surface area contributed by atoms with Crippen molar-refractivity contribution in [2.24, 2.45) is 4.99 Å². The summed E-state index contributed by atoms with van der Waals surface area (Å²) >= 11 is 0. The summed E-state index contributed by atoms with van der Waals surface area (Å²) in [7, 11) is 0. The Labute approximate surface area is 168 Å². The van der Waals surface area contributed by atoms with E-state index < -0.39 is 11.5 Å². The van der Waals surface area contributed by atoms with E-state index in [2.05, 4.69) is 4.99 Å². The first-order valence-corrected chi connectivity index (χ1v) is 9.67. The van der Waals surface area contributed by atoms with Crippen LogP contribution in [0.2, 0.25) is 0 Å². The lowest BCUT2D eigenvalue weighted by Gasteiger charge is -2.19. The summed E-state index contributed by atoms with van der Waals surface area (Å²) < 4.78 is 6.29. The van der Waals surface area contributed by atoms with Crippen molar-refractivity contribution in [3.05, 3.63) is 56.9 Å². The predicted octanol–water partition coefficient (Wildman–Crippen LogP) is 3.78. The standard InChI is InChI=1S/C22H23N3O4/c1-3-29-22(28)15-8-10-16(11-9-15)24-13-19-14(2)18(12-23)20(26)25(21(19)27)17-6-4-5-7-17/h8-11,13,17,27H,3-7H2,1-2H3. The van der Waals surface area contributed by atoms with E-state index in [4.69, 9.17) is 4.74 Å². The number of hydrogen-bond acceptors (Lipinski definition) is 6. The normalized spacial score (nSPS) is 14.2. The summed E-state index contributed by atoms with van der Waals surface area (Å²) in [5, 5.41) is 20.2. The maximum Gasteiger partial charge on any atom is 0.338 e. The van der Waals surface area contributed by atoms with E-state index in [0.29, 0.717) is 29.0 Å². The number of ether oxygens (including phenoxy) is 1. The Kier molecular flexibility index (Phi) is 6.13. The van der Waals surface area contributed by atoms with Crippen molar-refractivity contribution in [2.75, 3.05) is 6.61 Å². The smallest absolute Gasteiger partial charge is 0.338 e. The van der Waals surface area contributed by atoms with Gasteiger partial charge in [-0.2, -0.15) is 5.26 Å². The minimum absolute atomic E-state index is 0.0220. The summed E-state index contributed by atoms with van der Waals surface area (Å²) in [4.78, 5) is 28.8. The molecule has 1 aromatic carbocycles. The number of nitriles is 1. The van der Waals surface area contributed by atoms with Gasteiger partial charge in [-0.25, -0.2) is 4.79 Å².